The summed E-state index contributed by atoms with van der Waals surface area (Å²) in [4.78, 5) is 25.1. The van der Waals surface area contributed by atoms with E-state index in [0.717, 1.165) is 0 Å². The fourth-order valence-electron chi connectivity index (χ4n) is 1.01. The van der Waals surface area contributed by atoms with Crippen LogP contribution in [0.4, 0.5) is 5.69 Å². The highest BCUT2D eigenvalue weighted by Gasteiger charge is 2.06. The van der Waals surface area contributed by atoms with Crippen molar-refractivity contribution in [3.8, 4) is 0 Å². The van der Waals surface area contributed by atoms with Gasteiger partial charge in [0.25, 0.3) is 0 Å². The van der Waals surface area contributed by atoms with Crippen LogP contribution in [0.25, 0.3) is 0 Å². The van der Waals surface area contributed by atoms with Crippen molar-refractivity contribution in [1.82, 2.24) is 4.98 Å². The van der Waals surface area contributed by atoms with E-state index in [1.165, 1.54) is 18.5 Å². The third-order valence-corrected chi connectivity index (χ3v) is 1.61. The van der Waals surface area contributed by atoms with Gasteiger partial charge < -0.3 is 16.0 Å². The van der Waals surface area contributed by atoms with Gasteiger partial charge in [0.05, 0.1) is 0 Å². The van der Waals surface area contributed by atoms with Crippen LogP contribution in [0.15, 0.2) is 23.3 Å². The third-order valence-electron chi connectivity index (χ3n) is 1.61. The Morgan fingerprint density at radius 2 is 2.43 bits per heavy atom. The Kier molecular flexibility index (Phi) is 3.41. The van der Waals surface area contributed by atoms with Crippen molar-refractivity contribution in [1.29, 1.82) is 0 Å². The van der Waals surface area contributed by atoms with Crippen LogP contribution < -0.4 is 16.5 Å². The second kappa shape index (κ2) is 4.57. The molecule has 0 aliphatic rings. The molecular formula is C9H13N3O2. The average Bonchev–Trinajstić information content (AvgIpc) is 2.07. The Labute approximate surface area is 81.3 Å². The van der Waals surface area contributed by atoms with E-state index in [9.17, 15) is 9.59 Å². The monoisotopic (exact) mass is 195 g/mol. The number of aromatic amines is 1. The molecule has 1 aromatic rings. The van der Waals surface area contributed by atoms with Gasteiger partial charge in [-0.15, -0.1) is 0 Å². The summed E-state index contributed by atoms with van der Waals surface area (Å²) in [5, 5.41) is 2.48. The van der Waals surface area contributed by atoms with Gasteiger partial charge in [-0.05, 0) is 6.92 Å². The average molecular weight is 195 g/mol. The zero-order chi connectivity index (χ0) is 10.6. The Morgan fingerprint density at radius 1 is 1.71 bits per heavy atom. The highest BCUT2D eigenvalue weighted by molar-refractivity contribution is 5.90. The quantitative estimate of drug-likeness (QED) is 0.636. The minimum absolute atomic E-state index is 0.203. The van der Waals surface area contributed by atoms with Gasteiger partial charge in [-0.3, -0.25) is 9.59 Å². The molecule has 0 spiro atoms. The molecule has 0 bridgehead atoms. The van der Waals surface area contributed by atoms with E-state index in [1.54, 1.807) is 6.92 Å². The van der Waals surface area contributed by atoms with Crippen molar-refractivity contribution < 1.29 is 4.79 Å². The molecule has 1 amide bonds. The second-order valence-electron chi connectivity index (χ2n) is 3.15. The Hall–Kier alpha value is -1.62. The van der Waals surface area contributed by atoms with Crippen LogP contribution in [0.5, 0.6) is 0 Å². The summed E-state index contributed by atoms with van der Waals surface area (Å²) in [6, 6.07) is 1.14. The molecule has 1 aromatic heterocycles. The maximum atomic E-state index is 11.2. The van der Waals surface area contributed by atoms with Crippen LogP contribution in [-0.4, -0.2) is 16.9 Å². The van der Waals surface area contributed by atoms with E-state index >= 15 is 0 Å². The van der Waals surface area contributed by atoms with Crippen LogP contribution >= 0.6 is 0 Å². The SMILES string of the molecule is CC(N)CC(=O)Nc1c[nH]ccc1=O. The van der Waals surface area contributed by atoms with Crippen LogP contribution in [0.2, 0.25) is 0 Å². The lowest BCUT2D eigenvalue weighted by Crippen LogP contribution is -2.25. The number of nitrogens with one attached hydrogen (secondary N) is 2. The van der Waals surface area contributed by atoms with Gasteiger partial charge in [-0.25, -0.2) is 0 Å². The molecule has 1 heterocycles. The number of hydrogen-bond donors (Lipinski definition) is 3. The van der Waals surface area contributed by atoms with Crippen molar-refractivity contribution in [2.75, 3.05) is 5.32 Å². The fourth-order valence-corrected chi connectivity index (χ4v) is 1.01. The molecular weight excluding hydrogens is 182 g/mol. The summed E-state index contributed by atoms with van der Waals surface area (Å²) in [6.07, 6.45) is 3.15. The predicted octanol–water partition coefficient (Wildman–Crippen LogP) is 0.0507. The third kappa shape index (κ3) is 3.02. The molecule has 4 N–H and O–H groups in total. The van der Waals surface area contributed by atoms with Crippen LogP contribution in [0.3, 0.4) is 0 Å². The van der Waals surface area contributed by atoms with E-state index < -0.39 is 0 Å². The van der Waals surface area contributed by atoms with Crippen molar-refractivity contribution in [2.45, 2.75) is 19.4 Å². The van der Waals surface area contributed by atoms with Crippen LogP contribution in [0.1, 0.15) is 13.3 Å². The lowest BCUT2D eigenvalue weighted by molar-refractivity contribution is -0.116. The first-order chi connectivity index (χ1) is 6.59. The summed E-state index contributed by atoms with van der Waals surface area (Å²) in [7, 11) is 0. The Morgan fingerprint density at radius 3 is 3.00 bits per heavy atom. The van der Waals surface area contributed by atoms with Crippen LogP contribution in [-0.2, 0) is 4.79 Å². The highest BCUT2D eigenvalue weighted by atomic mass is 16.2. The minimum atomic E-state index is -0.253. The van der Waals surface area contributed by atoms with Crippen molar-refractivity contribution in [3.05, 3.63) is 28.7 Å². The van der Waals surface area contributed by atoms with Gasteiger partial charge >= 0.3 is 0 Å². The van der Waals surface area contributed by atoms with Gasteiger partial charge in [-0.2, -0.15) is 0 Å². The normalized spacial score (nSPS) is 12.1. The molecule has 0 aliphatic carbocycles. The number of rotatable bonds is 3. The summed E-state index contributed by atoms with van der Waals surface area (Å²) in [5.74, 6) is -0.253. The molecule has 14 heavy (non-hydrogen) atoms. The van der Waals surface area contributed by atoms with Crippen molar-refractivity contribution >= 4 is 11.6 Å². The molecule has 0 aromatic carbocycles. The minimum Gasteiger partial charge on any atom is -0.366 e. The zero-order valence-corrected chi connectivity index (χ0v) is 7.91. The first kappa shape index (κ1) is 10.5. The highest BCUT2D eigenvalue weighted by Crippen LogP contribution is 1.97. The van der Waals surface area contributed by atoms with E-state index in [-0.39, 0.29) is 29.5 Å². The number of amides is 1. The number of anilines is 1. The van der Waals surface area contributed by atoms with Crippen molar-refractivity contribution in [2.24, 2.45) is 5.73 Å². The Bertz CT molecular complexity index is 370. The van der Waals surface area contributed by atoms with Gasteiger partial charge in [0, 0.05) is 30.9 Å². The van der Waals surface area contributed by atoms with Gasteiger partial charge in [0.15, 0.2) is 0 Å². The summed E-state index contributed by atoms with van der Waals surface area (Å²) < 4.78 is 0. The van der Waals surface area contributed by atoms with E-state index in [1.807, 2.05) is 0 Å². The Balaban J connectivity index is 2.65. The number of nitrogens with two attached hydrogens (primary N) is 1. The first-order valence-electron chi connectivity index (χ1n) is 4.32. The standard InChI is InChI=1S/C9H13N3O2/c1-6(10)4-9(14)12-7-5-11-3-2-8(7)13/h2-3,5-6H,4,10H2,1H3,(H,11,13)(H,12,14). The molecule has 1 rings (SSSR count). The fraction of sp³-hybridized carbons (Fsp3) is 0.333. The number of pyridine rings is 1. The number of aromatic nitrogens is 1. The summed E-state index contributed by atoms with van der Waals surface area (Å²) >= 11 is 0. The molecule has 1 atom stereocenters. The number of hydrogen-bond acceptors (Lipinski definition) is 3. The second-order valence-corrected chi connectivity index (χ2v) is 3.15. The maximum Gasteiger partial charge on any atom is 0.226 e. The van der Waals surface area contributed by atoms with Gasteiger partial charge in [-0.1, -0.05) is 0 Å². The number of carbonyl (C=O) groups is 1. The molecule has 0 saturated carbocycles. The predicted molar refractivity (Wildman–Crippen MR) is 54.0 cm³/mol. The van der Waals surface area contributed by atoms with Gasteiger partial charge in [0.2, 0.25) is 11.3 Å². The molecule has 0 fully saturated rings. The topological polar surface area (TPSA) is 88.0 Å². The number of carbonyl (C=O) groups excluding carboxylic acids is 1. The first-order valence-corrected chi connectivity index (χ1v) is 4.32. The van der Waals surface area contributed by atoms with E-state index in [0.29, 0.717) is 0 Å². The molecule has 1 unspecified atom stereocenters. The van der Waals surface area contributed by atoms with E-state index in [2.05, 4.69) is 10.3 Å². The van der Waals surface area contributed by atoms with Crippen LogP contribution in [0, 0.1) is 0 Å². The lowest BCUT2D eigenvalue weighted by atomic mass is 10.2. The zero-order valence-electron chi connectivity index (χ0n) is 7.91. The van der Waals surface area contributed by atoms with Gasteiger partial charge in [0.1, 0.15) is 5.69 Å². The molecule has 0 radical (unpaired) electrons. The number of H-pyrrole nitrogens is 1. The smallest absolute Gasteiger partial charge is 0.226 e. The summed E-state index contributed by atoms with van der Waals surface area (Å²) in [6.45, 7) is 1.73. The molecule has 5 heteroatoms. The molecule has 0 aliphatic heterocycles. The molecule has 5 nitrogen and oxygen atoms in total. The molecule has 0 saturated heterocycles. The largest absolute Gasteiger partial charge is 0.366 e. The summed E-state index contributed by atoms with van der Waals surface area (Å²) in [5.41, 5.74) is 5.47. The maximum absolute atomic E-state index is 11.2. The van der Waals surface area contributed by atoms with Crippen molar-refractivity contribution in [3.63, 3.8) is 0 Å². The van der Waals surface area contributed by atoms with E-state index in [4.69, 9.17) is 5.73 Å². The lowest BCUT2D eigenvalue weighted by Gasteiger charge is -2.05. The molecule has 76 valence electrons.